The number of carboxylic acids is 1. The Hall–Kier alpha value is -1.59. The van der Waals surface area contributed by atoms with Crippen molar-refractivity contribution < 1.29 is 14.7 Å². The summed E-state index contributed by atoms with van der Waals surface area (Å²) in [4.78, 5) is 24.1. The van der Waals surface area contributed by atoms with E-state index < -0.39 is 5.97 Å². The standard InChI is InChI=1S/C13H17ClN2O3/c1-2-15-8-7-12(17)16(9-13(18)19)11-5-3-10(14)4-6-11/h3-6,15H,2,7-9H2,1H3,(H,18,19). The van der Waals surface area contributed by atoms with Gasteiger partial charge in [-0.05, 0) is 30.8 Å². The van der Waals surface area contributed by atoms with E-state index in [-0.39, 0.29) is 18.9 Å². The average Bonchev–Trinajstić information content (AvgIpc) is 2.37. The summed E-state index contributed by atoms with van der Waals surface area (Å²) in [5.74, 6) is -1.28. The Labute approximate surface area is 117 Å². The fourth-order valence-corrected chi connectivity index (χ4v) is 1.71. The van der Waals surface area contributed by atoms with E-state index in [1.54, 1.807) is 24.3 Å². The lowest BCUT2D eigenvalue weighted by atomic mass is 10.2. The third-order valence-electron chi connectivity index (χ3n) is 2.50. The molecule has 0 fully saturated rings. The first-order valence-electron chi connectivity index (χ1n) is 6.03. The molecule has 1 amide bonds. The number of hydrogen-bond donors (Lipinski definition) is 2. The second kappa shape index (κ2) is 7.76. The normalized spacial score (nSPS) is 10.2. The van der Waals surface area contributed by atoms with Crippen molar-refractivity contribution in [3.05, 3.63) is 29.3 Å². The van der Waals surface area contributed by atoms with E-state index in [9.17, 15) is 9.59 Å². The Morgan fingerprint density at radius 3 is 2.47 bits per heavy atom. The number of carbonyl (C=O) groups is 2. The molecule has 0 aliphatic rings. The highest BCUT2D eigenvalue weighted by Crippen LogP contribution is 2.18. The Balaban J connectivity index is 2.79. The van der Waals surface area contributed by atoms with E-state index in [0.717, 1.165) is 6.54 Å². The van der Waals surface area contributed by atoms with Gasteiger partial charge in [-0.1, -0.05) is 18.5 Å². The number of hydrogen-bond acceptors (Lipinski definition) is 3. The molecule has 0 saturated carbocycles. The van der Waals surface area contributed by atoms with Crippen LogP contribution >= 0.6 is 11.6 Å². The highest BCUT2D eigenvalue weighted by atomic mass is 35.5. The summed E-state index contributed by atoms with van der Waals surface area (Å²) in [5.41, 5.74) is 0.535. The van der Waals surface area contributed by atoms with Crippen molar-refractivity contribution in [3.8, 4) is 0 Å². The van der Waals surface area contributed by atoms with Crippen molar-refractivity contribution in [1.29, 1.82) is 0 Å². The molecule has 1 aromatic carbocycles. The van der Waals surface area contributed by atoms with Gasteiger partial charge in [0.2, 0.25) is 5.91 Å². The van der Waals surface area contributed by atoms with E-state index in [1.807, 2.05) is 6.92 Å². The van der Waals surface area contributed by atoms with Crippen LogP contribution in [-0.2, 0) is 9.59 Å². The molecule has 0 radical (unpaired) electrons. The second-order valence-corrected chi connectivity index (χ2v) is 4.39. The number of rotatable bonds is 7. The maximum atomic E-state index is 12.0. The van der Waals surface area contributed by atoms with E-state index in [4.69, 9.17) is 16.7 Å². The molecule has 0 heterocycles. The Morgan fingerprint density at radius 2 is 1.95 bits per heavy atom. The van der Waals surface area contributed by atoms with Gasteiger partial charge in [-0.25, -0.2) is 0 Å². The van der Waals surface area contributed by atoms with Gasteiger partial charge in [-0.2, -0.15) is 0 Å². The van der Waals surface area contributed by atoms with Gasteiger partial charge in [0, 0.05) is 23.7 Å². The molecule has 1 rings (SSSR count). The summed E-state index contributed by atoms with van der Waals surface area (Å²) in [6.07, 6.45) is 0.254. The Morgan fingerprint density at radius 1 is 1.32 bits per heavy atom. The molecule has 0 aromatic heterocycles. The minimum Gasteiger partial charge on any atom is -0.480 e. The molecule has 6 heteroatoms. The van der Waals surface area contributed by atoms with Gasteiger partial charge in [0.15, 0.2) is 0 Å². The molecule has 0 spiro atoms. The third kappa shape index (κ3) is 5.28. The van der Waals surface area contributed by atoms with E-state index >= 15 is 0 Å². The molecule has 104 valence electrons. The van der Waals surface area contributed by atoms with E-state index in [1.165, 1.54) is 4.90 Å². The van der Waals surface area contributed by atoms with Crippen LogP contribution in [0.15, 0.2) is 24.3 Å². The fraction of sp³-hybridized carbons (Fsp3) is 0.385. The molecule has 0 aliphatic carbocycles. The summed E-state index contributed by atoms with van der Waals surface area (Å²) >= 11 is 5.77. The van der Waals surface area contributed by atoms with Crippen molar-refractivity contribution >= 4 is 29.2 Å². The Bertz CT molecular complexity index is 434. The van der Waals surface area contributed by atoms with Crippen molar-refractivity contribution in [2.24, 2.45) is 0 Å². The van der Waals surface area contributed by atoms with Gasteiger partial charge >= 0.3 is 5.97 Å². The lowest BCUT2D eigenvalue weighted by molar-refractivity contribution is -0.136. The van der Waals surface area contributed by atoms with Crippen LogP contribution in [0.5, 0.6) is 0 Å². The van der Waals surface area contributed by atoms with Crippen LogP contribution in [0.1, 0.15) is 13.3 Å². The predicted octanol–water partition coefficient (Wildman–Crippen LogP) is 1.76. The summed E-state index contributed by atoms with van der Waals surface area (Å²) in [5, 5.41) is 12.5. The maximum Gasteiger partial charge on any atom is 0.323 e. The van der Waals surface area contributed by atoms with Crippen molar-refractivity contribution in [1.82, 2.24) is 5.32 Å². The van der Waals surface area contributed by atoms with Gasteiger partial charge < -0.3 is 15.3 Å². The number of nitrogens with one attached hydrogen (secondary N) is 1. The Kier molecular flexibility index (Phi) is 6.32. The molecule has 0 saturated heterocycles. The van der Waals surface area contributed by atoms with Crippen LogP contribution in [0.3, 0.4) is 0 Å². The predicted molar refractivity (Wildman–Crippen MR) is 74.6 cm³/mol. The highest BCUT2D eigenvalue weighted by Gasteiger charge is 2.18. The first kappa shape index (κ1) is 15.5. The third-order valence-corrected chi connectivity index (χ3v) is 2.75. The zero-order valence-corrected chi connectivity index (χ0v) is 11.5. The monoisotopic (exact) mass is 284 g/mol. The average molecular weight is 285 g/mol. The molecule has 0 unspecified atom stereocenters. The van der Waals surface area contributed by atoms with E-state index in [2.05, 4.69) is 5.32 Å². The van der Waals surface area contributed by atoms with Crippen molar-refractivity contribution in [3.63, 3.8) is 0 Å². The zero-order chi connectivity index (χ0) is 14.3. The minimum absolute atomic E-state index is 0.231. The fourth-order valence-electron chi connectivity index (χ4n) is 1.59. The lowest BCUT2D eigenvalue weighted by Crippen LogP contribution is -2.37. The zero-order valence-electron chi connectivity index (χ0n) is 10.7. The number of aliphatic carboxylic acids is 1. The topological polar surface area (TPSA) is 69.6 Å². The molecular formula is C13H17ClN2O3. The van der Waals surface area contributed by atoms with Gasteiger partial charge in [0.25, 0.3) is 0 Å². The van der Waals surface area contributed by atoms with Crippen LogP contribution in [0, 0.1) is 0 Å². The van der Waals surface area contributed by atoms with Gasteiger partial charge in [0.1, 0.15) is 6.54 Å². The summed E-state index contributed by atoms with van der Waals surface area (Å²) in [7, 11) is 0. The van der Waals surface area contributed by atoms with Crippen LogP contribution in [0.4, 0.5) is 5.69 Å². The van der Waals surface area contributed by atoms with Crippen molar-refractivity contribution in [2.45, 2.75) is 13.3 Å². The largest absolute Gasteiger partial charge is 0.480 e. The molecule has 0 atom stereocenters. The summed E-state index contributed by atoms with van der Waals surface area (Å²) < 4.78 is 0. The molecule has 0 bridgehead atoms. The molecule has 0 aliphatic heterocycles. The molecule has 2 N–H and O–H groups in total. The maximum absolute atomic E-state index is 12.0. The number of anilines is 1. The smallest absolute Gasteiger partial charge is 0.323 e. The van der Waals surface area contributed by atoms with Gasteiger partial charge in [-0.3, -0.25) is 9.59 Å². The summed E-state index contributed by atoms with van der Waals surface area (Å²) in [6, 6.07) is 6.53. The second-order valence-electron chi connectivity index (χ2n) is 3.95. The minimum atomic E-state index is -1.05. The molecule has 1 aromatic rings. The number of nitrogens with zero attached hydrogens (tertiary/aromatic N) is 1. The first-order valence-corrected chi connectivity index (χ1v) is 6.40. The quantitative estimate of drug-likeness (QED) is 0.749. The van der Waals surface area contributed by atoms with E-state index in [0.29, 0.717) is 17.3 Å². The summed E-state index contributed by atoms with van der Waals surface area (Å²) in [6.45, 7) is 2.89. The van der Waals surface area contributed by atoms with Crippen LogP contribution in [0.25, 0.3) is 0 Å². The highest BCUT2D eigenvalue weighted by molar-refractivity contribution is 6.30. The number of benzene rings is 1. The lowest BCUT2D eigenvalue weighted by Gasteiger charge is -2.21. The van der Waals surface area contributed by atoms with Crippen LogP contribution in [-0.4, -0.2) is 36.6 Å². The van der Waals surface area contributed by atoms with Crippen LogP contribution < -0.4 is 10.2 Å². The molecule has 5 nitrogen and oxygen atoms in total. The number of carbonyl (C=O) groups excluding carboxylic acids is 1. The number of halogens is 1. The van der Waals surface area contributed by atoms with Gasteiger partial charge in [0.05, 0.1) is 0 Å². The SMILES string of the molecule is CCNCCC(=O)N(CC(=O)O)c1ccc(Cl)cc1. The number of amides is 1. The van der Waals surface area contributed by atoms with Crippen LogP contribution in [0.2, 0.25) is 5.02 Å². The number of carboxylic acid groups (broad SMARTS) is 1. The molecule has 19 heavy (non-hydrogen) atoms. The first-order chi connectivity index (χ1) is 9.04. The van der Waals surface area contributed by atoms with Gasteiger partial charge in [-0.15, -0.1) is 0 Å². The van der Waals surface area contributed by atoms with Crippen molar-refractivity contribution in [2.75, 3.05) is 24.5 Å². The molecular weight excluding hydrogens is 268 g/mol.